The van der Waals surface area contributed by atoms with E-state index in [2.05, 4.69) is 4.98 Å². The van der Waals surface area contributed by atoms with Crippen LogP contribution >= 0.6 is 11.3 Å². The molecule has 126 valence electrons. The van der Waals surface area contributed by atoms with E-state index >= 15 is 0 Å². The molecule has 2 aliphatic rings. The zero-order chi connectivity index (χ0) is 16.6. The third-order valence-electron chi connectivity index (χ3n) is 4.70. The summed E-state index contributed by atoms with van der Waals surface area (Å²) in [6, 6.07) is -0.0932. The van der Waals surface area contributed by atoms with Gasteiger partial charge in [0.15, 0.2) is 5.69 Å². The monoisotopic (exact) mass is 338 g/mol. The van der Waals surface area contributed by atoms with Crippen molar-refractivity contribution in [3.8, 4) is 0 Å². The molecule has 7 heteroatoms. The number of aromatic carboxylic acids is 1. The van der Waals surface area contributed by atoms with E-state index in [9.17, 15) is 9.59 Å². The summed E-state index contributed by atoms with van der Waals surface area (Å²) in [6.07, 6.45) is 4.07. The Labute approximate surface area is 139 Å². The molecule has 23 heavy (non-hydrogen) atoms. The van der Waals surface area contributed by atoms with E-state index in [0.29, 0.717) is 17.8 Å². The van der Waals surface area contributed by atoms with Crippen molar-refractivity contribution in [2.24, 2.45) is 0 Å². The lowest BCUT2D eigenvalue weighted by molar-refractivity contribution is -0.137. The molecular formula is C16H22N2O4S. The van der Waals surface area contributed by atoms with Crippen LogP contribution in [0.5, 0.6) is 0 Å². The highest BCUT2D eigenvalue weighted by Gasteiger charge is 2.38. The number of rotatable bonds is 4. The van der Waals surface area contributed by atoms with Crippen LogP contribution in [0.25, 0.3) is 0 Å². The second kappa shape index (κ2) is 6.20. The minimum atomic E-state index is -1.01. The number of amides is 1. The van der Waals surface area contributed by atoms with Crippen molar-refractivity contribution in [2.45, 2.75) is 57.6 Å². The molecule has 1 N–H and O–H groups in total. The first-order valence-corrected chi connectivity index (χ1v) is 8.85. The molecule has 1 aromatic rings. The van der Waals surface area contributed by atoms with Crippen LogP contribution < -0.4 is 0 Å². The summed E-state index contributed by atoms with van der Waals surface area (Å²) in [4.78, 5) is 30.7. The van der Waals surface area contributed by atoms with Gasteiger partial charge >= 0.3 is 5.97 Å². The SMILES string of the molecule is Cc1sc(C2CCCN2C(=O)CC2(C)CCCO2)nc1C(=O)O. The average molecular weight is 338 g/mol. The highest BCUT2D eigenvalue weighted by atomic mass is 32.1. The molecule has 0 saturated carbocycles. The van der Waals surface area contributed by atoms with Crippen molar-refractivity contribution in [2.75, 3.05) is 13.2 Å². The van der Waals surface area contributed by atoms with Crippen LogP contribution in [0.3, 0.4) is 0 Å². The quantitative estimate of drug-likeness (QED) is 0.913. The first-order valence-electron chi connectivity index (χ1n) is 8.04. The van der Waals surface area contributed by atoms with Crippen LogP contribution in [0.1, 0.15) is 65.4 Å². The van der Waals surface area contributed by atoms with E-state index in [1.165, 1.54) is 11.3 Å². The van der Waals surface area contributed by atoms with Crippen molar-refractivity contribution >= 4 is 23.2 Å². The number of carboxylic acid groups (broad SMARTS) is 1. The van der Waals surface area contributed by atoms with Gasteiger partial charge < -0.3 is 14.7 Å². The number of carbonyl (C=O) groups excluding carboxylic acids is 1. The van der Waals surface area contributed by atoms with E-state index in [1.807, 2.05) is 11.8 Å². The number of nitrogens with zero attached hydrogens (tertiary/aromatic N) is 2. The maximum Gasteiger partial charge on any atom is 0.355 e. The Morgan fingerprint density at radius 1 is 1.48 bits per heavy atom. The van der Waals surface area contributed by atoms with Crippen molar-refractivity contribution < 1.29 is 19.4 Å². The van der Waals surface area contributed by atoms with Gasteiger partial charge in [-0.3, -0.25) is 4.79 Å². The Kier molecular flexibility index (Phi) is 4.42. The molecule has 2 fully saturated rings. The van der Waals surface area contributed by atoms with E-state index < -0.39 is 5.97 Å². The Hall–Kier alpha value is -1.47. The molecule has 2 aliphatic heterocycles. The number of carboxylic acids is 1. The van der Waals surface area contributed by atoms with Gasteiger partial charge in [0, 0.05) is 18.0 Å². The molecule has 3 heterocycles. The number of ether oxygens (including phenoxy) is 1. The second-order valence-corrected chi connectivity index (χ2v) is 7.82. The minimum Gasteiger partial charge on any atom is -0.476 e. The fourth-order valence-electron chi connectivity index (χ4n) is 3.48. The smallest absolute Gasteiger partial charge is 0.355 e. The number of carbonyl (C=O) groups is 2. The lowest BCUT2D eigenvalue weighted by Crippen LogP contribution is -2.37. The number of aryl methyl sites for hydroxylation is 1. The Morgan fingerprint density at radius 2 is 2.26 bits per heavy atom. The molecular weight excluding hydrogens is 316 g/mol. The summed E-state index contributed by atoms with van der Waals surface area (Å²) in [5.74, 6) is -0.922. The predicted octanol–water partition coefficient (Wildman–Crippen LogP) is 2.77. The molecule has 1 amide bonds. The average Bonchev–Trinajstić information content (AvgIpc) is 3.17. The Morgan fingerprint density at radius 3 is 2.87 bits per heavy atom. The van der Waals surface area contributed by atoms with Crippen molar-refractivity contribution in [1.29, 1.82) is 0 Å². The Balaban J connectivity index is 1.76. The third-order valence-corrected chi connectivity index (χ3v) is 5.77. The molecule has 0 spiro atoms. The normalized spacial score (nSPS) is 27.6. The van der Waals surface area contributed by atoms with Gasteiger partial charge in [-0.1, -0.05) is 0 Å². The van der Waals surface area contributed by atoms with Gasteiger partial charge in [-0.25, -0.2) is 9.78 Å². The van der Waals surface area contributed by atoms with Gasteiger partial charge in [0.05, 0.1) is 18.1 Å². The van der Waals surface area contributed by atoms with Crippen molar-refractivity contribution in [1.82, 2.24) is 9.88 Å². The predicted molar refractivity (Wildman–Crippen MR) is 85.7 cm³/mol. The molecule has 3 rings (SSSR count). The van der Waals surface area contributed by atoms with Gasteiger partial charge in [-0.05, 0) is 39.5 Å². The van der Waals surface area contributed by atoms with Crippen LogP contribution in [0.15, 0.2) is 0 Å². The molecule has 0 bridgehead atoms. The Bertz CT molecular complexity index is 622. The first-order chi connectivity index (χ1) is 10.9. The summed E-state index contributed by atoms with van der Waals surface area (Å²) in [6.45, 7) is 5.19. The molecule has 0 aliphatic carbocycles. The fourth-order valence-corrected chi connectivity index (χ4v) is 4.54. The molecule has 2 saturated heterocycles. The summed E-state index contributed by atoms with van der Waals surface area (Å²) >= 11 is 1.39. The standard InChI is InChI=1S/C16H22N2O4S/c1-10-13(15(20)21)17-14(23-10)11-5-3-7-18(11)12(19)9-16(2)6-4-8-22-16/h11H,3-9H2,1-2H3,(H,20,21). The first kappa shape index (κ1) is 16.4. The van der Waals surface area contributed by atoms with Gasteiger partial charge in [0.1, 0.15) is 5.01 Å². The van der Waals surface area contributed by atoms with Crippen LogP contribution in [0, 0.1) is 6.92 Å². The van der Waals surface area contributed by atoms with E-state index in [-0.39, 0.29) is 23.2 Å². The molecule has 0 radical (unpaired) electrons. The zero-order valence-electron chi connectivity index (χ0n) is 13.5. The third kappa shape index (κ3) is 3.26. The number of thiazole rings is 1. The molecule has 2 unspecified atom stereocenters. The maximum absolute atomic E-state index is 12.7. The van der Waals surface area contributed by atoms with Crippen LogP contribution in [0.2, 0.25) is 0 Å². The molecule has 6 nitrogen and oxygen atoms in total. The van der Waals surface area contributed by atoms with Gasteiger partial charge in [0.25, 0.3) is 0 Å². The molecule has 2 atom stereocenters. The number of hydrogen-bond acceptors (Lipinski definition) is 5. The van der Waals surface area contributed by atoms with Crippen LogP contribution in [-0.2, 0) is 9.53 Å². The second-order valence-electron chi connectivity index (χ2n) is 6.59. The van der Waals surface area contributed by atoms with Gasteiger partial charge in [0.2, 0.25) is 5.91 Å². The van der Waals surface area contributed by atoms with E-state index in [4.69, 9.17) is 9.84 Å². The van der Waals surface area contributed by atoms with Crippen LogP contribution in [-0.4, -0.2) is 45.6 Å². The molecule has 1 aromatic heterocycles. The zero-order valence-corrected chi connectivity index (χ0v) is 14.3. The summed E-state index contributed by atoms with van der Waals surface area (Å²) in [7, 11) is 0. The van der Waals surface area contributed by atoms with E-state index in [0.717, 1.165) is 37.3 Å². The lowest BCUT2D eigenvalue weighted by Gasteiger charge is -2.28. The summed E-state index contributed by atoms with van der Waals surface area (Å²) in [5, 5.41) is 9.91. The van der Waals surface area contributed by atoms with E-state index in [1.54, 1.807) is 6.92 Å². The highest BCUT2D eigenvalue weighted by Crippen LogP contribution is 2.37. The highest BCUT2D eigenvalue weighted by molar-refractivity contribution is 7.12. The van der Waals surface area contributed by atoms with Crippen LogP contribution in [0.4, 0.5) is 0 Å². The summed E-state index contributed by atoms with van der Waals surface area (Å²) in [5.41, 5.74) is -0.245. The van der Waals surface area contributed by atoms with Crippen molar-refractivity contribution in [3.05, 3.63) is 15.6 Å². The molecule has 0 aromatic carbocycles. The lowest BCUT2D eigenvalue weighted by atomic mass is 9.97. The number of hydrogen-bond donors (Lipinski definition) is 1. The largest absolute Gasteiger partial charge is 0.476 e. The maximum atomic E-state index is 12.7. The van der Waals surface area contributed by atoms with Gasteiger partial charge in [-0.15, -0.1) is 11.3 Å². The topological polar surface area (TPSA) is 79.7 Å². The fraction of sp³-hybridized carbons (Fsp3) is 0.688. The minimum absolute atomic E-state index is 0.0848. The summed E-state index contributed by atoms with van der Waals surface area (Å²) < 4.78 is 5.73. The number of likely N-dealkylation sites (tertiary alicyclic amines) is 1. The van der Waals surface area contributed by atoms with Gasteiger partial charge in [-0.2, -0.15) is 0 Å². The van der Waals surface area contributed by atoms with Crippen molar-refractivity contribution in [3.63, 3.8) is 0 Å². The number of aromatic nitrogens is 1.